The van der Waals surface area contributed by atoms with Crippen molar-refractivity contribution in [2.45, 2.75) is 44.8 Å². The number of alkyl halides is 3. The first-order chi connectivity index (χ1) is 9.43. The van der Waals surface area contributed by atoms with Crippen LogP contribution in [0.2, 0.25) is 0 Å². The quantitative estimate of drug-likeness (QED) is 0.927. The molecule has 0 spiro atoms. The van der Waals surface area contributed by atoms with Crippen molar-refractivity contribution < 1.29 is 13.2 Å². The lowest BCUT2D eigenvalue weighted by molar-refractivity contribution is -0.186. The van der Waals surface area contributed by atoms with Gasteiger partial charge in [-0.3, -0.25) is 4.68 Å². The SMILES string of the molecule is CCNC(c1cnnn1C)C1CCCC(C(F)(F)F)C1. The molecule has 1 heterocycles. The molecule has 0 aromatic carbocycles. The van der Waals surface area contributed by atoms with Crippen molar-refractivity contribution in [3.63, 3.8) is 0 Å². The molecule has 2 rings (SSSR count). The van der Waals surface area contributed by atoms with Crippen molar-refractivity contribution in [2.24, 2.45) is 18.9 Å². The second-order valence-corrected chi connectivity index (χ2v) is 5.48. The Morgan fingerprint density at radius 1 is 1.45 bits per heavy atom. The summed E-state index contributed by atoms with van der Waals surface area (Å²) in [6.45, 7) is 2.67. The first kappa shape index (κ1) is 15.3. The molecule has 1 N–H and O–H groups in total. The van der Waals surface area contributed by atoms with E-state index in [4.69, 9.17) is 0 Å². The van der Waals surface area contributed by atoms with Gasteiger partial charge < -0.3 is 5.32 Å². The topological polar surface area (TPSA) is 42.7 Å². The number of rotatable bonds is 4. The van der Waals surface area contributed by atoms with Gasteiger partial charge in [-0.2, -0.15) is 13.2 Å². The maximum Gasteiger partial charge on any atom is 0.391 e. The van der Waals surface area contributed by atoms with E-state index in [1.807, 2.05) is 6.92 Å². The molecule has 0 radical (unpaired) electrons. The molecule has 4 nitrogen and oxygen atoms in total. The molecule has 3 atom stereocenters. The fourth-order valence-corrected chi connectivity index (χ4v) is 3.14. The van der Waals surface area contributed by atoms with Crippen molar-refractivity contribution in [1.29, 1.82) is 0 Å². The molecule has 0 bridgehead atoms. The molecule has 1 aliphatic rings. The molecule has 1 fully saturated rings. The fraction of sp³-hybridized carbons (Fsp3) is 0.846. The third-order valence-corrected chi connectivity index (χ3v) is 4.14. The molecule has 1 aliphatic carbocycles. The lowest BCUT2D eigenvalue weighted by Crippen LogP contribution is -2.36. The zero-order valence-electron chi connectivity index (χ0n) is 11.8. The zero-order chi connectivity index (χ0) is 14.8. The Kier molecular flexibility index (Phi) is 4.67. The van der Waals surface area contributed by atoms with Gasteiger partial charge in [0.15, 0.2) is 0 Å². The number of aromatic nitrogens is 3. The smallest absolute Gasteiger partial charge is 0.309 e. The highest BCUT2D eigenvalue weighted by atomic mass is 19.4. The lowest BCUT2D eigenvalue weighted by Gasteiger charge is -2.35. The number of nitrogens with one attached hydrogen (secondary N) is 1. The summed E-state index contributed by atoms with van der Waals surface area (Å²) in [5.41, 5.74) is 0.861. The van der Waals surface area contributed by atoms with E-state index in [9.17, 15) is 13.2 Å². The second-order valence-electron chi connectivity index (χ2n) is 5.48. The summed E-state index contributed by atoms with van der Waals surface area (Å²) < 4.78 is 40.4. The zero-order valence-corrected chi connectivity index (χ0v) is 11.8. The monoisotopic (exact) mass is 290 g/mol. The van der Waals surface area contributed by atoms with E-state index >= 15 is 0 Å². The van der Waals surface area contributed by atoms with Crippen LogP contribution in [0.25, 0.3) is 0 Å². The molecule has 20 heavy (non-hydrogen) atoms. The van der Waals surface area contributed by atoms with Crippen molar-refractivity contribution in [1.82, 2.24) is 20.3 Å². The maximum atomic E-state index is 12.9. The molecule has 0 saturated heterocycles. The molecule has 3 unspecified atom stereocenters. The van der Waals surface area contributed by atoms with E-state index in [-0.39, 0.29) is 24.8 Å². The molecule has 0 aliphatic heterocycles. The summed E-state index contributed by atoms with van der Waals surface area (Å²) in [5, 5.41) is 11.0. The summed E-state index contributed by atoms with van der Waals surface area (Å²) in [5.74, 6) is -1.20. The van der Waals surface area contributed by atoms with E-state index < -0.39 is 12.1 Å². The first-order valence-corrected chi connectivity index (χ1v) is 7.08. The molecule has 114 valence electrons. The number of hydrogen-bond donors (Lipinski definition) is 1. The van der Waals surface area contributed by atoms with E-state index in [2.05, 4.69) is 15.6 Å². The van der Waals surface area contributed by atoms with Crippen LogP contribution in [-0.4, -0.2) is 27.7 Å². The summed E-state index contributed by atoms with van der Waals surface area (Å²) in [6.07, 6.45) is -0.559. The Bertz CT molecular complexity index is 429. The first-order valence-electron chi connectivity index (χ1n) is 7.08. The van der Waals surface area contributed by atoms with Gasteiger partial charge >= 0.3 is 6.18 Å². The summed E-state index contributed by atoms with van der Waals surface area (Å²) >= 11 is 0. The van der Waals surface area contributed by atoms with Crippen LogP contribution in [0.1, 0.15) is 44.3 Å². The van der Waals surface area contributed by atoms with Crippen LogP contribution >= 0.6 is 0 Å². The average Bonchev–Trinajstić information content (AvgIpc) is 2.81. The third-order valence-electron chi connectivity index (χ3n) is 4.14. The van der Waals surface area contributed by atoms with E-state index in [1.54, 1.807) is 17.9 Å². The largest absolute Gasteiger partial charge is 0.391 e. The Morgan fingerprint density at radius 2 is 2.20 bits per heavy atom. The number of nitrogens with zero attached hydrogens (tertiary/aromatic N) is 3. The van der Waals surface area contributed by atoms with Gasteiger partial charge in [0.25, 0.3) is 0 Å². The standard InChI is InChI=1S/C13H21F3N4/c1-3-17-12(11-8-18-19-20(11)2)9-5-4-6-10(7-9)13(14,15)16/h8-10,12,17H,3-7H2,1-2H3. The van der Waals surface area contributed by atoms with Gasteiger partial charge in [-0.15, -0.1) is 5.10 Å². The third kappa shape index (κ3) is 3.31. The number of halogens is 3. The van der Waals surface area contributed by atoms with E-state index in [1.165, 1.54) is 0 Å². The van der Waals surface area contributed by atoms with Crippen LogP contribution in [0.15, 0.2) is 6.20 Å². The van der Waals surface area contributed by atoms with Gasteiger partial charge in [-0.1, -0.05) is 18.6 Å². The van der Waals surface area contributed by atoms with Gasteiger partial charge in [0.1, 0.15) is 0 Å². The van der Waals surface area contributed by atoms with Crippen molar-refractivity contribution >= 4 is 0 Å². The normalized spacial score (nSPS) is 25.6. The molecule has 1 aromatic heterocycles. The van der Waals surface area contributed by atoms with Crippen molar-refractivity contribution in [3.8, 4) is 0 Å². The molecular weight excluding hydrogens is 269 g/mol. The Morgan fingerprint density at radius 3 is 2.75 bits per heavy atom. The van der Waals surface area contributed by atoms with Crippen LogP contribution in [0.4, 0.5) is 13.2 Å². The highest BCUT2D eigenvalue weighted by Gasteiger charge is 2.44. The highest BCUT2D eigenvalue weighted by molar-refractivity contribution is 5.05. The molecule has 1 saturated carbocycles. The van der Waals surface area contributed by atoms with Gasteiger partial charge in [0.05, 0.1) is 23.9 Å². The molecular formula is C13H21F3N4. The Balaban J connectivity index is 2.15. The van der Waals surface area contributed by atoms with E-state index in [0.29, 0.717) is 13.0 Å². The Hall–Kier alpha value is -1.11. The van der Waals surface area contributed by atoms with Gasteiger partial charge in [-0.25, -0.2) is 0 Å². The number of aryl methyl sites for hydroxylation is 1. The van der Waals surface area contributed by atoms with Crippen LogP contribution in [0, 0.1) is 11.8 Å². The van der Waals surface area contributed by atoms with E-state index in [0.717, 1.165) is 12.1 Å². The molecule has 7 heteroatoms. The van der Waals surface area contributed by atoms with Crippen molar-refractivity contribution in [3.05, 3.63) is 11.9 Å². The minimum Gasteiger partial charge on any atom is -0.309 e. The van der Waals surface area contributed by atoms with Crippen LogP contribution < -0.4 is 5.32 Å². The summed E-state index contributed by atoms with van der Waals surface area (Å²) in [6, 6.07) is -0.106. The molecule has 1 aromatic rings. The molecule has 0 amide bonds. The lowest BCUT2D eigenvalue weighted by atomic mass is 9.76. The highest BCUT2D eigenvalue weighted by Crippen LogP contribution is 2.43. The summed E-state index contributed by atoms with van der Waals surface area (Å²) in [4.78, 5) is 0. The maximum absolute atomic E-state index is 12.9. The Labute approximate surface area is 116 Å². The van der Waals surface area contributed by atoms with Gasteiger partial charge in [0.2, 0.25) is 0 Å². The van der Waals surface area contributed by atoms with Crippen LogP contribution in [0.5, 0.6) is 0 Å². The second kappa shape index (κ2) is 6.11. The minimum absolute atomic E-state index is 0.0208. The van der Waals surface area contributed by atoms with Crippen LogP contribution in [-0.2, 0) is 7.05 Å². The minimum atomic E-state index is -4.08. The predicted octanol–water partition coefficient (Wildman–Crippen LogP) is 2.83. The number of hydrogen-bond acceptors (Lipinski definition) is 3. The van der Waals surface area contributed by atoms with Crippen LogP contribution in [0.3, 0.4) is 0 Å². The van der Waals surface area contributed by atoms with Crippen molar-refractivity contribution in [2.75, 3.05) is 6.54 Å². The van der Waals surface area contributed by atoms with Gasteiger partial charge in [0, 0.05) is 7.05 Å². The summed E-state index contributed by atoms with van der Waals surface area (Å²) in [7, 11) is 1.77. The predicted molar refractivity (Wildman–Crippen MR) is 68.9 cm³/mol. The average molecular weight is 290 g/mol. The van der Waals surface area contributed by atoms with Gasteiger partial charge in [-0.05, 0) is 31.7 Å². The fourth-order valence-electron chi connectivity index (χ4n) is 3.14.